The summed E-state index contributed by atoms with van der Waals surface area (Å²) in [5.41, 5.74) is 0. The van der Waals surface area contributed by atoms with Crippen LogP contribution in [0.15, 0.2) is 0 Å². The number of piperidine rings is 1. The minimum Gasteiger partial charge on any atom is -0.481 e. The molecule has 0 aromatic rings. The predicted molar refractivity (Wildman–Crippen MR) is 70.1 cm³/mol. The zero-order chi connectivity index (χ0) is 14.7. The van der Waals surface area contributed by atoms with Crippen LogP contribution in [0.3, 0.4) is 0 Å². The lowest BCUT2D eigenvalue weighted by Gasteiger charge is -2.37. The van der Waals surface area contributed by atoms with Gasteiger partial charge in [-0.1, -0.05) is 6.42 Å². The third-order valence-electron chi connectivity index (χ3n) is 4.44. The first kappa shape index (κ1) is 14.8. The van der Waals surface area contributed by atoms with E-state index in [4.69, 9.17) is 5.11 Å². The van der Waals surface area contributed by atoms with Crippen molar-refractivity contribution in [1.29, 1.82) is 0 Å². The lowest BCUT2D eigenvalue weighted by Crippen LogP contribution is -2.50. The van der Waals surface area contributed by atoms with Crippen molar-refractivity contribution >= 4 is 17.8 Å². The van der Waals surface area contributed by atoms with Gasteiger partial charge in [0.15, 0.2) is 0 Å². The highest BCUT2D eigenvalue weighted by Crippen LogP contribution is 2.32. The van der Waals surface area contributed by atoms with Crippen LogP contribution in [0, 0.1) is 11.8 Å². The number of rotatable bonds is 3. The molecule has 1 unspecified atom stereocenters. The summed E-state index contributed by atoms with van der Waals surface area (Å²) in [7, 11) is 0. The van der Waals surface area contributed by atoms with Crippen molar-refractivity contribution in [1.82, 2.24) is 4.90 Å². The van der Waals surface area contributed by atoms with Crippen LogP contribution in [0.5, 0.6) is 0 Å². The molecule has 1 heterocycles. The van der Waals surface area contributed by atoms with Gasteiger partial charge in [-0.3, -0.25) is 9.59 Å². The van der Waals surface area contributed by atoms with Crippen LogP contribution in [-0.2, 0) is 14.4 Å². The summed E-state index contributed by atoms with van der Waals surface area (Å²) < 4.78 is 0. The van der Waals surface area contributed by atoms with Crippen LogP contribution >= 0.6 is 0 Å². The van der Waals surface area contributed by atoms with Crippen molar-refractivity contribution < 1.29 is 24.6 Å². The van der Waals surface area contributed by atoms with Crippen LogP contribution < -0.4 is 0 Å². The molecule has 2 aliphatic rings. The molecule has 3 atom stereocenters. The molecule has 1 saturated heterocycles. The summed E-state index contributed by atoms with van der Waals surface area (Å²) in [6, 6.07) is -0.735. The van der Waals surface area contributed by atoms with E-state index in [0.29, 0.717) is 32.2 Å². The summed E-state index contributed by atoms with van der Waals surface area (Å²) in [4.78, 5) is 36.3. The largest absolute Gasteiger partial charge is 0.481 e. The van der Waals surface area contributed by atoms with Crippen molar-refractivity contribution in [3.05, 3.63) is 0 Å². The summed E-state index contributed by atoms with van der Waals surface area (Å²) in [6.07, 6.45) is 4.49. The highest BCUT2D eigenvalue weighted by atomic mass is 16.4. The normalized spacial score (nSPS) is 30.8. The highest BCUT2D eigenvalue weighted by molar-refractivity contribution is 5.86. The first-order chi connectivity index (χ1) is 9.50. The van der Waals surface area contributed by atoms with Crippen molar-refractivity contribution in [2.75, 3.05) is 6.54 Å². The van der Waals surface area contributed by atoms with Crippen LogP contribution in [0.1, 0.15) is 44.9 Å². The summed E-state index contributed by atoms with van der Waals surface area (Å²) >= 11 is 0. The standard InChI is InChI=1S/C14H21NO5/c16-12(9-4-3-5-10(8-9)13(17)18)15-7-2-1-6-11(15)14(19)20/h9-11H,1-8H2,(H,17,18)(H,19,20)/t9-,10+,11?/m0/s1. The quantitative estimate of drug-likeness (QED) is 0.815. The number of amides is 1. The molecule has 2 N–H and O–H groups in total. The molecule has 1 aliphatic heterocycles. The number of carbonyl (C=O) groups is 3. The molecular formula is C14H21NO5. The molecule has 0 aromatic carbocycles. The summed E-state index contributed by atoms with van der Waals surface area (Å²) in [5, 5.41) is 18.3. The van der Waals surface area contributed by atoms with Gasteiger partial charge in [-0.15, -0.1) is 0 Å². The van der Waals surface area contributed by atoms with Crippen molar-refractivity contribution in [3.8, 4) is 0 Å². The van der Waals surface area contributed by atoms with Gasteiger partial charge in [-0.25, -0.2) is 4.79 Å². The minimum atomic E-state index is -0.955. The van der Waals surface area contributed by atoms with Gasteiger partial charge in [0.25, 0.3) is 0 Å². The second kappa shape index (κ2) is 6.24. The first-order valence-corrected chi connectivity index (χ1v) is 7.26. The fourth-order valence-corrected chi connectivity index (χ4v) is 3.32. The van der Waals surface area contributed by atoms with E-state index in [9.17, 15) is 19.5 Å². The first-order valence-electron chi connectivity index (χ1n) is 7.26. The lowest BCUT2D eigenvalue weighted by molar-refractivity contribution is -0.155. The van der Waals surface area contributed by atoms with Gasteiger partial charge in [0.1, 0.15) is 6.04 Å². The molecule has 2 rings (SSSR count). The van der Waals surface area contributed by atoms with Gasteiger partial charge in [-0.05, 0) is 38.5 Å². The maximum atomic E-state index is 12.5. The Labute approximate surface area is 117 Å². The molecule has 1 aliphatic carbocycles. The van der Waals surface area contributed by atoms with E-state index in [-0.39, 0.29) is 11.8 Å². The van der Waals surface area contributed by atoms with E-state index in [0.717, 1.165) is 19.3 Å². The Hall–Kier alpha value is -1.59. The average Bonchev–Trinajstić information content (AvgIpc) is 2.46. The van der Waals surface area contributed by atoms with Crippen LogP contribution in [-0.4, -0.2) is 45.5 Å². The molecule has 0 radical (unpaired) electrons. The molecule has 6 heteroatoms. The molecule has 6 nitrogen and oxygen atoms in total. The molecule has 112 valence electrons. The number of likely N-dealkylation sites (tertiary alicyclic amines) is 1. The van der Waals surface area contributed by atoms with Gasteiger partial charge in [0.05, 0.1) is 5.92 Å². The topological polar surface area (TPSA) is 94.9 Å². The highest BCUT2D eigenvalue weighted by Gasteiger charge is 2.38. The second-order valence-corrected chi connectivity index (χ2v) is 5.78. The molecule has 2 fully saturated rings. The van der Waals surface area contributed by atoms with Gasteiger partial charge in [0, 0.05) is 12.5 Å². The number of hydrogen-bond acceptors (Lipinski definition) is 3. The maximum Gasteiger partial charge on any atom is 0.326 e. The summed E-state index contributed by atoms with van der Waals surface area (Å²) in [5.74, 6) is -2.77. The van der Waals surface area contributed by atoms with E-state index in [1.165, 1.54) is 4.90 Å². The molecule has 0 bridgehead atoms. The maximum absolute atomic E-state index is 12.5. The second-order valence-electron chi connectivity index (χ2n) is 5.78. The van der Waals surface area contributed by atoms with Crippen LogP contribution in [0.25, 0.3) is 0 Å². The van der Waals surface area contributed by atoms with E-state index in [1.54, 1.807) is 0 Å². The van der Waals surface area contributed by atoms with Crippen LogP contribution in [0.4, 0.5) is 0 Å². The lowest BCUT2D eigenvalue weighted by atomic mass is 9.80. The van der Waals surface area contributed by atoms with Gasteiger partial charge in [0.2, 0.25) is 5.91 Å². The Morgan fingerprint density at radius 3 is 2.20 bits per heavy atom. The van der Waals surface area contributed by atoms with Gasteiger partial charge >= 0.3 is 11.9 Å². The van der Waals surface area contributed by atoms with E-state index >= 15 is 0 Å². The number of nitrogens with zero attached hydrogens (tertiary/aromatic N) is 1. The van der Waals surface area contributed by atoms with E-state index in [1.807, 2.05) is 0 Å². The third-order valence-corrected chi connectivity index (χ3v) is 4.44. The Bertz CT molecular complexity index is 408. The zero-order valence-corrected chi connectivity index (χ0v) is 11.5. The fraction of sp³-hybridized carbons (Fsp3) is 0.786. The number of aliphatic carboxylic acids is 2. The Morgan fingerprint density at radius 2 is 1.55 bits per heavy atom. The number of carboxylic acids is 2. The zero-order valence-electron chi connectivity index (χ0n) is 11.5. The monoisotopic (exact) mass is 283 g/mol. The Kier molecular flexibility index (Phi) is 4.62. The molecule has 0 spiro atoms. The number of carbonyl (C=O) groups excluding carboxylic acids is 1. The molecular weight excluding hydrogens is 262 g/mol. The molecule has 1 amide bonds. The summed E-state index contributed by atoms with van der Waals surface area (Å²) in [6.45, 7) is 0.476. The minimum absolute atomic E-state index is 0.164. The van der Waals surface area contributed by atoms with Gasteiger partial charge < -0.3 is 15.1 Å². The van der Waals surface area contributed by atoms with Crippen molar-refractivity contribution in [2.24, 2.45) is 11.8 Å². The molecule has 20 heavy (non-hydrogen) atoms. The average molecular weight is 283 g/mol. The smallest absolute Gasteiger partial charge is 0.326 e. The number of hydrogen-bond donors (Lipinski definition) is 2. The Morgan fingerprint density at radius 1 is 0.850 bits per heavy atom. The van der Waals surface area contributed by atoms with E-state index in [2.05, 4.69) is 0 Å². The number of carboxylic acid groups (broad SMARTS) is 2. The predicted octanol–water partition coefficient (Wildman–Crippen LogP) is 1.34. The van der Waals surface area contributed by atoms with Crippen molar-refractivity contribution in [2.45, 2.75) is 51.0 Å². The van der Waals surface area contributed by atoms with E-state index < -0.39 is 23.9 Å². The third kappa shape index (κ3) is 3.11. The molecule has 1 saturated carbocycles. The van der Waals surface area contributed by atoms with Crippen molar-refractivity contribution in [3.63, 3.8) is 0 Å². The fourth-order valence-electron chi connectivity index (χ4n) is 3.32. The van der Waals surface area contributed by atoms with Crippen LogP contribution in [0.2, 0.25) is 0 Å². The Balaban J connectivity index is 2.05. The SMILES string of the molecule is O=C(O)C1CCCCN1C(=O)[C@H]1CCC[C@@H](C(=O)O)C1. The van der Waals surface area contributed by atoms with Gasteiger partial charge in [-0.2, -0.15) is 0 Å². The molecule has 0 aromatic heterocycles.